The van der Waals surface area contributed by atoms with Gasteiger partial charge in [-0.2, -0.15) is 0 Å². The highest BCUT2D eigenvalue weighted by molar-refractivity contribution is 4.57. The van der Waals surface area contributed by atoms with Crippen LogP contribution in [0.15, 0.2) is 0 Å². The van der Waals surface area contributed by atoms with E-state index in [1.807, 2.05) is 0 Å². The molecule has 0 aliphatic rings. The van der Waals surface area contributed by atoms with Crippen molar-refractivity contribution in [1.82, 2.24) is 0 Å². The first-order valence-electron chi connectivity index (χ1n) is 3.74. The van der Waals surface area contributed by atoms with Crippen molar-refractivity contribution in [2.75, 3.05) is 33.5 Å². The van der Waals surface area contributed by atoms with Crippen LogP contribution < -0.4 is 5.73 Å². The van der Waals surface area contributed by atoms with Crippen molar-refractivity contribution in [3.8, 4) is 0 Å². The second-order valence-electron chi connectivity index (χ2n) is 2.34. The summed E-state index contributed by atoms with van der Waals surface area (Å²) in [5, 5.41) is 8.48. The third kappa shape index (κ3) is 7.74. The number of aliphatic hydroxyl groups is 1. The molecule has 0 fully saturated rings. The van der Waals surface area contributed by atoms with Crippen molar-refractivity contribution in [2.24, 2.45) is 5.73 Å². The highest BCUT2D eigenvalue weighted by Crippen LogP contribution is 1.87. The summed E-state index contributed by atoms with van der Waals surface area (Å²) in [6, 6.07) is -0.0585. The quantitative estimate of drug-likeness (QED) is 0.490. The first kappa shape index (κ1) is 10.8. The molecule has 0 bridgehead atoms. The Morgan fingerprint density at radius 2 is 2.18 bits per heavy atom. The summed E-state index contributed by atoms with van der Waals surface area (Å²) >= 11 is 0. The molecule has 3 N–H and O–H groups in total. The third-order valence-corrected chi connectivity index (χ3v) is 1.26. The van der Waals surface area contributed by atoms with Crippen LogP contribution in [0.3, 0.4) is 0 Å². The zero-order valence-electron chi connectivity index (χ0n) is 6.95. The van der Waals surface area contributed by atoms with Gasteiger partial charge in [-0.15, -0.1) is 0 Å². The molecule has 0 radical (unpaired) electrons. The lowest BCUT2D eigenvalue weighted by atomic mass is 10.2. The number of rotatable bonds is 7. The lowest BCUT2D eigenvalue weighted by molar-refractivity contribution is 0.0603. The minimum absolute atomic E-state index is 0.0585. The molecule has 0 aromatic heterocycles. The zero-order chi connectivity index (χ0) is 8.53. The average molecular weight is 163 g/mol. The van der Waals surface area contributed by atoms with Gasteiger partial charge in [0.15, 0.2) is 0 Å². The molecule has 68 valence electrons. The number of ether oxygens (including phenoxy) is 2. The molecule has 4 nitrogen and oxygen atoms in total. The fourth-order valence-corrected chi connectivity index (χ4v) is 0.626. The Balaban J connectivity index is 2.97. The van der Waals surface area contributed by atoms with Crippen LogP contribution in [0.2, 0.25) is 0 Å². The number of aliphatic hydroxyl groups excluding tert-OH is 1. The Hall–Kier alpha value is -0.160. The Bertz CT molecular complexity index is 80.1. The van der Waals surface area contributed by atoms with Gasteiger partial charge >= 0.3 is 0 Å². The van der Waals surface area contributed by atoms with Gasteiger partial charge in [-0.1, -0.05) is 0 Å². The van der Waals surface area contributed by atoms with E-state index in [9.17, 15) is 0 Å². The van der Waals surface area contributed by atoms with Gasteiger partial charge in [0.25, 0.3) is 0 Å². The van der Waals surface area contributed by atoms with E-state index in [2.05, 4.69) is 0 Å². The molecular weight excluding hydrogens is 146 g/mol. The van der Waals surface area contributed by atoms with E-state index in [1.165, 1.54) is 0 Å². The summed E-state index contributed by atoms with van der Waals surface area (Å²) < 4.78 is 9.90. The van der Waals surface area contributed by atoms with Crippen LogP contribution in [0, 0.1) is 0 Å². The number of nitrogens with two attached hydrogens (primary N) is 1. The van der Waals surface area contributed by atoms with Crippen LogP contribution in [-0.4, -0.2) is 44.7 Å². The van der Waals surface area contributed by atoms with Crippen LogP contribution >= 0.6 is 0 Å². The molecule has 0 aliphatic heterocycles. The van der Waals surface area contributed by atoms with E-state index in [0.717, 1.165) is 0 Å². The molecule has 1 unspecified atom stereocenters. The summed E-state index contributed by atoms with van der Waals surface area (Å²) in [7, 11) is 1.62. The Kier molecular flexibility index (Phi) is 7.83. The minimum Gasteiger partial charge on any atom is -0.396 e. The van der Waals surface area contributed by atoms with Gasteiger partial charge < -0.3 is 20.3 Å². The molecule has 0 aromatic rings. The molecule has 4 heteroatoms. The lowest BCUT2D eigenvalue weighted by Crippen LogP contribution is -2.27. The monoisotopic (exact) mass is 163 g/mol. The molecule has 0 spiro atoms. The number of hydrogen-bond acceptors (Lipinski definition) is 4. The van der Waals surface area contributed by atoms with Gasteiger partial charge in [-0.25, -0.2) is 0 Å². The van der Waals surface area contributed by atoms with Crippen LogP contribution in [0.25, 0.3) is 0 Å². The van der Waals surface area contributed by atoms with Crippen molar-refractivity contribution in [2.45, 2.75) is 12.5 Å². The van der Waals surface area contributed by atoms with Gasteiger partial charge in [0.2, 0.25) is 0 Å². The molecule has 0 aromatic carbocycles. The van der Waals surface area contributed by atoms with Crippen molar-refractivity contribution in [3.63, 3.8) is 0 Å². The first-order valence-corrected chi connectivity index (χ1v) is 3.74. The predicted octanol–water partition coefficient (Wildman–Crippen LogP) is -0.641. The Morgan fingerprint density at radius 3 is 2.73 bits per heavy atom. The molecule has 0 rings (SSSR count). The highest BCUT2D eigenvalue weighted by Gasteiger charge is 1.99. The molecule has 1 atom stereocenters. The zero-order valence-corrected chi connectivity index (χ0v) is 6.95. The molecule has 0 heterocycles. The van der Waals surface area contributed by atoms with Gasteiger partial charge in [-0.3, -0.25) is 0 Å². The van der Waals surface area contributed by atoms with Crippen LogP contribution in [0.4, 0.5) is 0 Å². The molecule has 11 heavy (non-hydrogen) atoms. The van der Waals surface area contributed by atoms with E-state index in [1.54, 1.807) is 7.11 Å². The average Bonchev–Trinajstić information content (AvgIpc) is 1.99. The first-order chi connectivity index (χ1) is 5.31. The Labute approximate surface area is 67.3 Å². The van der Waals surface area contributed by atoms with Gasteiger partial charge in [0.1, 0.15) is 0 Å². The van der Waals surface area contributed by atoms with Crippen LogP contribution in [-0.2, 0) is 9.47 Å². The second kappa shape index (κ2) is 7.94. The highest BCUT2D eigenvalue weighted by atomic mass is 16.5. The SMILES string of the molecule is COCCOCC(N)CCO. The van der Waals surface area contributed by atoms with Gasteiger partial charge in [0, 0.05) is 19.8 Å². The third-order valence-electron chi connectivity index (χ3n) is 1.26. The van der Waals surface area contributed by atoms with E-state index < -0.39 is 0 Å². The second-order valence-corrected chi connectivity index (χ2v) is 2.34. The lowest BCUT2D eigenvalue weighted by Gasteiger charge is -2.09. The molecule has 0 saturated carbocycles. The number of hydrogen-bond donors (Lipinski definition) is 2. The standard InChI is InChI=1S/C7H17NO3/c1-10-4-5-11-6-7(8)2-3-9/h7,9H,2-6,8H2,1H3. The minimum atomic E-state index is -0.0585. The summed E-state index contributed by atoms with van der Waals surface area (Å²) in [4.78, 5) is 0. The van der Waals surface area contributed by atoms with Crippen LogP contribution in [0.5, 0.6) is 0 Å². The Morgan fingerprint density at radius 1 is 1.45 bits per heavy atom. The smallest absolute Gasteiger partial charge is 0.0701 e. The van der Waals surface area contributed by atoms with Crippen molar-refractivity contribution >= 4 is 0 Å². The van der Waals surface area contributed by atoms with Crippen LogP contribution in [0.1, 0.15) is 6.42 Å². The van der Waals surface area contributed by atoms with Crippen molar-refractivity contribution in [3.05, 3.63) is 0 Å². The fraction of sp³-hybridized carbons (Fsp3) is 1.00. The maximum atomic E-state index is 8.48. The normalized spacial score (nSPS) is 13.4. The summed E-state index contributed by atoms with van der Waals surface area (Å²) in [5.74, 6) is 0. The summed E-state index contributed by atoms with van der Waals surface area (Å²) in [5.41, 5.74) is 5.54. The fourth-order valence-electron chi connectivity index (χ4n) is 0.626. The van der Waals surface area contributed by atoms with Gasteiger partial charge in [0.05, 0.1) is 19.8 Å². The maximum absolute atomic E-state index is 8.48. The van der Waals surface area contributed by atoms with E-state index in [0.29, 0.717) is 26.2 Å². The summed E-state index contributed by atoms with van der Waals surface area (Å²) in [6.07, 6.45) is 0.590. The van der Waals surface area contributed by atoms with Gasteiger partial charge in [-0.05, 0) is 6.42 Å². The molecule has 0 saturated heterocycles. The van der Waals surface area contributed by atoms with E-state index in [-0.39, 0.29) is 12.6 Å². The topological polar surface area (TPSA) is 64.7 Å². The summed E-state index contributed by atoms with van der Waals surface area (Å²) in [6.45, 7) is 1.76. The van der Waals surface area contributed by atoms with Crippen molar-refractivity contribution < 1.29 is 14.6 Å². The molecular formula is C7H17NO3. The van der Waals surface area contributed by atoms with Crippen molar-refractivity contribution in [1.29, 1.82) is 0 Å². The number of methoxy groups -OCH3 is 1. The predicted molar refractivity (Wildman–Crippen MR) is 42.4 cm³/mol. The van der Waals surface area contributed by atoms with E-state index in [4.69, 9.17) is 20.3 Å². The largest absolute Gasteiger partial charge is 0.396 e. The maximum Gasteiger partial charge on any atom is 0.0701 e. The molecule has 0 aliphatic carbocycles. The molecule has 0 amide bonds. The van der Waals surface area contributed by atoms with E-state index >= 15 is 0 Å².